The minimum Gasteiger partial charge on any atom is -0.493 e. The van der Waals surface area contributed by atoms with Crippen molar-refractivity contribution in [1.82, 2.24) is 9.97 Å². The van der Waals surface area contributed by atoms with Gasteiger partial charge in [-0.1, -0.05) is 0 Å². The molecule has 5 rings (SSSR count). The van der Waals surface area contributed by atoms with Crippen molar-refractivity contribution < 1.29 is 32.1 Å². The minimum atomic E-state index is -1.18. The molecule has 1 N–H and O–H groups in total. The maximum Gasteiger partial charge on any atom is 0.164 e. The molecule has 3 heterocycles. The van der Waals surface area contributed by atoms with E-state index in [4.69, 9.17) is 18.9 Å². The molecule has 2 fully saturated rings. The van der Waals surface area contributed by atoms with Crippen LogP contribution in [-0.4, -0.2) is 54.8 Å². The molecule has 10 heteroatoms. The van der Waals surface area contributed by atoms with Gasteiger partial charge in [0.05, 0.1) is 31.5 Å². The van der Waals surface area contributed by atoms with Crippen LogP contribution in [0.1, 0.15) is 0 Å². The van der Waals surface area contributed by atoms with E-state index in [9.17, 15) is 13.2 Å². The summed E-state index contributed by atoms with van der Waals surface area (Å²) in [6.45, 7) is 0.162. The normalized spacial score (nSPS) is 24.9. The van der Waals surface area contributed by atoms with Gasteiger partial charge in [-0.05, 0) is 18.2 Å². The summed E-state index contributed by atoms with van der Waals surface area (Å²) in [5.74, 6) is -0.209. The Bertz CT molecular complexity index is 1130. The van der Waals surface area contributed by atoms with Gasteiger partial charge in [-0.2, -0.15) is 0 Å². The lowest BCUT2D eigenvalue weighted by Crippen LogP contribution is -2.33. The van der Waals surface area contributed by atoms with Crippen LogP contribution in [0.3, 0.4) is 0 Å². The number of aromatic nitrogens is 2. The van der Waals surface area contributed by atoms with Crippen molar-refractivity contribution in [3.05, 3.63) is 48.3 Å². The summed E-state index contributed by atoms with van der Waals surface area (Å²) in [6.07, 6.45) is -1.54. The largest absolute Gasteiger partial charge is 0.493 e. The summed E-state index contributed by atoms with van der Waals surface area (Å²) in [7, 11) is 1.47. The summed E-state index contributed by atoms with van der Waals surface area (Å²) in [6, 6.07) is 6.36. The fourth-order valence-corrected chi connectivity index (χ4v) is 3.82. The first-order valence-corrected chi connectivity index (χ1v) is 9.62. The number of anilines is 2. The van der Waals surface area contributed by atoms with E-state index in [1.54, 1.807) is 12.1 Å². The molecular formula is C21H18F3N3O4. The zero-order valence-corrected chi connectivity index (χ0v) is 16.3. The zero-order chi connectivity index (χ0) is 21.5. The molecule has 31 heavy (non-hydrogen) atoms. The quantitative estimate of drug-likeness (QED) is 0.660. The van der Waals surface area contributed by atoms with Crippen LogP contribution in [0.25, 0.3) is 10.9 Å². The van der Waals surface area contributed by atoms with Gasteiger partial charge in [0.25, 0.3) is 0 Å². The number of halogens is 3. The lowest BCUT2D eigenvalue weighted by molar-refractivity contribution is 0.0271. The molecule has 3 aromatic rings. The second-order valence-electron chi connectivity index (χ2n) is 7.26. The average molecular weight is 433 g/mol. The highest BCUT2D eigenvalue weighted by Crippen LogP contribution is 2.38. The highest BCUT2D eigenvalue weighted by molar-refractivity contribution is 5.93. The van der Waals surface area contributed by atoms with Gasteiger partial charge in [0, 0.05) is 17.5 Å². The number of alkyl halides is 1. The van der Waals surface area contributed by atoms with Crippen LogP contribution in [0.4, 0.5) is 24.7 Å². The number of hydrogen-bond donors (Lipinski definition) is 1. The van der Waals surface area contributed by atoms with Crippen molar-refractivity contribution in [2.75, 3.05) is 25.6 Å². The number of ether oxygens (including phenoxy) is 4. The smallest absolute Gasteiger partial charge is 0.164 e. The fraction of sp³-hybridized carbons (Fsp3) is 0.333. The zero-order valence-electron chi connectivity index (χ0n) is 16.3. The van der Waals surface area contributed by atoms with Gasteiger partial charge in [-0.15, -0.1) is 0 Å². The number of hydrogen-bond acceptors (Lipinski definition) is 7. The monoisotopic (exact) mass is 433 g/mol. The van der Waals surface area contributed by atoms with Gasteiger partial charge in [-0.25, -0.2) is 23.1 Å². The molecule has 0 radical (unpaired) electrons. The third kappa shape index (κ3) is 3.61. The second-order valence-corrected chi connectivity index (χ2v) is 7.26. The molecule has 0 aliphatic carbocycles. The van der Waals surface area contributed by atoms with Gasteiger partial charge in [-0.3, -0.25) is 0 Å². The Hall–Kier alpha value is -3.11. The number of methoxy groups -OCH3 is 1. The molecular weight excluding hydrogens is 415 g/mol. The predicted molar refractivity (Wildman–Crippen MR) is 105 cm³/mol. The van der Waals surface area contributed by atoms with Crippen molar-refractivity contribution in [3.8, 4) is 11.5 Å². The van der Waals surface area contributed by atoms with E-state index in [-0.39, 0.29) is 24.7 Å². The number of rotatable bonds is 5. The first kappa shape index (κ1) is 19.8. The van der Waals surface area contributed by atoms with Crippen LogP contribution in [-0.2, 0) is 9.47 Å². The SMILES string of the molecule is COc1cc2c(Nc3cc(F)ccc3F)ncnc2cc1OC1CO[C@H]2C(F)CO[C@@H]12. The molecule has 2 aliphatic heterocycles. The van der Waals surface area contributed by atoms with E-state index >= 15 is 0 Å². The summed E-state index contributed by atoms with van der Waals surface area (Å²) < 4.78 is 63.8. The molecule has 2 unspecified atom stereocenters. The van der Waals surface area contributed by atoms with Gasteiger partial charge in [0.1, 0.15) is 36.0 Å². The van der Waals surface area contributed by atoms with E-state index in [0.717, 1.165) is 18.2 Å². The molecule has 2 saturated heterocycles. The number of nitrogens with zero attached hydrogens (tertiary/aromatic N) is 2. The molecule has 2 aromatic carbocycles. The van der Waals surface area contributed by atoms with Gasteiger partial charge in [0.2, 0.25) is 0 Å². The van der Waals surface area contributed by atoms with E-state index in [1.165, 1.54) is 13.4 Å². The average Bonchev–Trinajstić information content (AvgIpc) is 3.33. The molecule has 1 aromatic heterocycles. The Morgan fingerprint density at radius 1 is 1.03 bits per heavy atom. The van der Waals surface area contributed by atoms with Crippen LogP contribution in [0, 0.1) is 11.6 Å². The number of benzene rings is 2. The van der Waals surface area contributed by atoms with E-state index in [0.29, 0.717) is 22.4 Å². The van der Waals surface area contributed by atoms with Gasteiger partial charge in [0.15, 0.2) is 23.8 Å². The minimum absolute atomic E-state index is 0.0249. The molecule has 0 bridgehead atoms. The Morgan fingerprint density at radius 3 is 2.71 bits per heavy atom. The first-order chi connectivity index (χ1) is 15.0. The van der Waals surface area contributed by atoms with Crippen molar-refractivity contribution in [2.45, 2.75) is 24.5 Å². The Kier molecular flexibility index (Phi) is 5.03. The van der Waals surface area contributed by atoms with Crippen LogP contribution >= 0.6 is 0 Å². The lowest BCUT2D eigenvalue weighted by Gasteiger charge is -2.20. The molecule has 162 valence electrons. The van der Waals surface area contributed by atoms with E-state index in [1.807, 2.05) is 0 Å². The van der Waals surface area contributed by atoms with Crippen LogP contribution in [0.2, 0.25) is 0 Å². The lowest BCUT2D eigenvalue weighted by atomic mass is 10.1. The predicted octanol–water partition coefficient (Wildman–Crippen LogP) is 3.54. The summed E-state index contributed by atoms with van der Waals surface area (Å²) in [5.41, 5.74) is 0.420. The highest BCUT2D eigenvalue weighted by atomic mass is 19.1. The standard InChI is InChI=1S/C21H18F3N3O4/c1-28-16-5-11-14(6-17(16)31-18-8-30-19-13(24)7-29-20(18)19)25-9-26-21(11)27-15-4-10(22)2-3-12(15)23/h2-6,9,13,18-20H,7-8H2,1H3,(H,25,26,27)/t13?,18?,19-,20-/m0/s1. The summed E-state index contributed by atoms with van der Waals surface area (Å²) in [4.78, 5) is 8.38. The molecule has 0 spiro atoms. The van der Waals surface area contributed by atoms with Crippen molar-refractivity contribution in [2.24, 2.45) is 0 Å². The third-order valence-corrected chi connectivity index (χ3v) is 5.33. The molecule has 0 amide bonds. The highest BCUT2D eigenvalue weighted by Gasteiger charge is 2.49. The van der Waals surface area contributed by atoms with Crippen molar-refractivity contribution in [3.63, 3.8) is 0 Å². The van der Waals surface area contributed by atoms with Crippen molar-refractivity contribution in [1.29, 1.82) is 0 Å². The van der Waals surface area contributed by atoms with E-state index < -0.39 is 36.1 Å². The fourth-order valence-electron chi connectivity index (χ4n) is 3.82. The second kappa shape index (κ2) is 7.86. The maximum atomic E-state index is 14.1. The molecule has 7 nitrogen and oxygen atoms in total. The van der Waals surface area contributed by atoms with Crippen LogP contribution in [0.15, 0.2) is 36.7 Å². The molecule has 4 atom stereocenters. The first-order valence-electron chi connectivity index (χ1n) is 9.62. The Labute approximate surface area is 175 Å². The topological polar surface area (TPSA) is 74.7 Å². The number of fused-ring (bicyclic) bond motifs is 2. The van der Waals surface area contributed by atoms with Crippen LogP contribution < -0.4 is 14.8 Å². The summed E-state index contributed by atoms with van der Waals surface area (Å²) >= 11 is 0. The molecule has 0 saturated carbocycles. The van der Waals surface area contributed by atoms with Crippen LogP contribution in [0.5, 0.6) is 11.5 Å². The summed E-state index contributed by atoms with van der Waals surface area (Å²) in [5, 5.41) is 3.30. The maximum absolute atomic E-state index is 14.1. The van der Waals surface area contributed by atoms with Gasteiger partial charge < -0.3 is 24.3 Å². The third-order valence-electron chi connectivity index (χ3n) is 5.33. The van der Waals surface area contributed by atoms with E-state index in [2.05, 4.69) is 15.3 Å². The Balaban J connectivity index is 1.47. The van der Waals surface area contributed by atoms with Crippen molar-refractivity contribution >= 4 is 22.4 Å². The molecule has 2 aliphatic rings. The Morgan fingerprint density at radius 2 is 1.87 bits per heavy atom. The number of nitrogens with one attached hydrogen (secondary N) is 1. The van der Waals surface area contributed by atoms with Gasteiger partial charge >= 0.3 is 0 Å².